The van der Waals surface area contributed by atoms with Crippen LogP contribution in [0.2, 0.25) is 0 Å². The van der Waals surface area contributed by atoms with Crippen molar-refractivity contribution in [1.29, 1.82) is 0 Å². The molecule has 0 saturated heterocycles. The van der Waals surface area contributed by atoms with Crippen LogP contribution in [0.3, 0.4) is 0 Å². The van der Waals surface area contributed by atoms with Crippen LogP contribution in [0.15, 0.2) is 43.0 Å². The van der Waals surface area contributed by atoms with Crippen molar-refractivity contribution in [2.45, 2.75) is 31.6 Å². The molecule has 0 heterocycles. The van der Waals surface area contributed by atoms with E-state index in [4.69, 9.17) is 4.74 Å². The smallest absolute Gasteiger partial charge is 0.223 e. The minimum Gasteiger partial charge on any atom is -0.489 e. The molecule has 0 aliphatic heterocycles. The van der Waals surface area contributed by atoms with Gasteiger partial charge in [-0.15, -0.1) is 0 Å². The van der Waals surface area contributed by atoms with Crippen molar-refractivity contribution in [3.8, 4) is 5.75 Å². The molecule has 0 radical (unpaired) electrons. The molecule has 1 unspecified atom stereocenters. The summed E-state index contributed by atoms with van der Waals surface area (Å²) in [5.41, 5.74) is 2.64. The first kappa shape index (κ1) is 15.3. The number of carbonyl (C=O) groups is 1. The van der Waals surface area contributed by atoms with E-state index in [1.165, 1.54) is 21.9 Å². The van der Waals surface area contributed by atoms with E-state index in [0.29, 0.717) is 12.5 Å². The van der Waals surface area contributed by atoms with Crippen molar-refractivity contribution in [3.05, 3.63) is 54.1 Å². The second kappa shape index (κ2) is 6.31. The molecule has 2 aliphatic rings. The highest BCUT2D eigenvalue weighted by Crippen LogP contribution is 2.40. The Morgan fingerprint density at radius 2 is 2.12 bits per heavy atom. The van der Waals surface area contributed by atoms with Crippen molar-refractivity contribution < 1.29 is 9.53 Å². The van der Waals surface area contributed by atoms with Crippen LogP contribution < -0.4 is 10.1 Å². The van der Waals surface area contributed by atoms with Crippen molar-refractivity contribution in [1.82, 2.24) is 5.32 Å². The number of hydrogen-bond donors (Lipinski definition) is 1. The van der Waals surface area contributed by atoms with Gasteiger partial charge in [-0.3, -0.25) is 4.79 Å². The third-order valence-corrected chi connectivity index (χ3v) is 5.15. The molecule has 4 rings (SSSR count). The highest BCUT2D eigenvalue weighted by molar-refractivity contribution is 5.92. The van der Waals surface area contributed by atoms with E-state index < -0.39 is 0 Å². The second-order valence-electron chi connectivity index (χ2n) is 6.84. The molecule has 0 aromatic heterocycles. The van der Waals surface area contributed by atoms with Gasteiger partial charge in [-0.05, 0) is 48.1 Å². The first-order valence-corrected chi connectivity index (χ1v) is 8.84. The highest BCUT2D eigenvalue weighted by atomic mass is 16.5. The van der Waals surface area contributed by atoms with Crippen LogP contribution >= 0.6 is 0 Å². The molecule has 2 aliphatic carbocycles. The van der Waals surface area contributed by atoms with Gasteiger partial charge in [0.05, 0.1) is 0 Å². The predicted octanol–water partition coefficient (Wildman–Crippen LogP) is 3.96. The maximum absolute atomic E-state index is 12.0. The monoisotopic (exact) mass is 321 g/mol. The van der Waals surface area contributed by atoms with Gasteiger partial charge >= 0.3 is 0 Å². The van der Waals surface area contributed by atoms with Gasteiger partial charge in [0.2, 0.25) is 5.91 Å². The molecule has 3 nitrogen and oxygen atoms in total. The number of ether oxygens (including phenoxy) is 1. The quantitative estimate of drug-likeness (QED) is 0.818. The third kappa shape index (κ3) is 2.79. The molecule has 0 bridgehead atoms. The summed E-state index contributed by atoms with van der Waals surface area (Å²) < 4.78 is 5.86. The number of nitrogens with one attached hydrogen (secondary N) is 1. The molecule has 24 heavy (non-hydrogen) atoms. The summed E-state index contributed by atoms with van der Waals surface area (Å²) >= 11 is 0. The molecule has 0 spiro atoms. The van der Waals surface area contributed by atoms with Crippen LogP contribution in [0, 0.1) is 5.92 Å². The minimum atomic E-state index is 0.232. The predicted molar refractivity (Wildman–Crippen MR) is 96.4 cm³/mol. The Morgan fingerprint density at radius 1 is 1.25 bits per heavy atom. The summed E-state index contributed by atoms with van der Waals surface area (Å²) in [6, 6.07) is 10.7. The van der Waals surface area contributed by atoms with E-state index in [1.54, 1.807) is 6.08 Å². The largest absolute Gasteiger partial charge is 0.489 e. The summed E-state index contributed by atoms with van der Waals surface area (Å²) in [5, 5.41) is 5.73. The van der Waals surface area contributed by atoms with Crippen LogP contribution in [0.4, 0.5) is 0 Å². The van der Waals surface area contributed by atoms with E-state index in [9.17, 15) is 4.79 Å². The Labute approximate surface area is 142 Å². The van der Waals surface area contributed by atoms with Crippen LogP contribution in [0.5, 0.6) is 5.75 Å². The molecule has 2 aromatic rings. The summed E-state index contributed by atoms with van der Waals surface area (Å²) in [6.45, 7) is 5.00. The van der Waals surface area contributed by atoms with E-state index in [2.05, 4.69) is 42.2 Å². The van der Waals surface area contributed by atoms with Crippen LogP contribution in [0.25, 0.3) is 10.8 Å². The lowest BCUT2D eigenvalue weighted by atomic mass is 9.81. The zero-order valence-electron chi connectivity index (χ0n) is 13.9. The van der Waals surface area contributed by atoms with Gasteiger partial charge in [0, 0.05) is 23.9 Å². The van der Waals surface area contributed by atoms with Crippen LogP contribution in [-0.2, 0) is 11.2 Å². The van der Waals surface area contributed by atoms with Crippen molar-refractivity contribution in [2.24, 2.45) is 5.92 Å². The maximum Gasteiger partial charge on any atom is 0.223 e. The maximum atomic E-state index is 12.0. The standard InChI is InChI=1S/C21H23NO2/c1-2-12-24-19-11-9-14-4-3-5-17-16(8-10-18(19)20(14)17)13-22-21(23)15-6-7-15/h2-5,9,11,15-16H,1,6-8,10,12-13H2,(H,22,23). The number of hydrogen-bond acceptors (Lipinski definition) is 2. The third-order valence-electron chi connectivity index (χ3n) is 5.15. The van der Waals surface area contributed by atoms with Gasteiger partial charge in [-0.1, -0.05) is 36.9 Å². The first-order valence-electron chi connectivity index (χ1n) is 8.84. The molecular weight excluding hydrogens is 298 g/mol. The molecule has 1 amide bonds. The van der Waals surface area contributed by atoms with Crippen molar-refractivity contribution >= 4 is 16.7 Å². The molecular formula is C21H23NO2. The van der Waals surface area contributed by atoms with Crippen LogP contribution in [0.1, 0.15) is 36.3 Å². The summed E-state index contributed by atoms with van der Waals surface area (Å²) in [5.74, 6) is 1.86. The summed E-state index contributed by atoms with van der Waals surface area (Å²) in [7, 11) is 0. The zero-order valence-corrected chi connectivity index (χ0v) is 13.9. The Morgan fingerprint density at radius 3 is 2.92 bits per heavy atom. The van der Waals surface area contributed by atoms with Crippen LogP contribution in [-0.4, -0.2) is 19.1 Å². The lowest BCUT2D eigenvalue weighted by molar-refractivity contribution is -0.122. The number of carbonyl (C=O) groups excluding carboxylic acids is 1. The Kier molecular flexibility index (Phi) is 4.01. The average Bonchev–Trinajstić information content (AvgIpc) is 3.45. The van der Waals surface area contributed by atoms with Gasteiger partial charge in [0.25, 0.3) is 0 Å². The van der Waals surface area contributed by atoms with Gasteiger partial charge in [-0.2, -0.15) is 0 Å². The van der Waals surface area contributed by atoms with E-state index in [0.717, 1.165) is 38.0 Å². The fourth-order valence-electron chi connectivity index (χ4n) is 3.74. The zero-order chi connectivity index (χ0) is 16.5. The van der Waals surface area contributed by atoms with Gasteiger partial charge < -0.3 is 10.1 Å². The number of amides is 1. The highest BCUT2D eigenvalue weighted by Gasteiger charge is 2.30. The lowest BCUT2D eigenvalue weighted by Gasteiger charge is -2.27. The molecule has 1 N–H and O–H groups in total. The molecule has 2 aromatic carbocycles. The molecule has 1 saturated carbocycles. The van der Waals surface area contributed by atoms with E-state index >= 15 is 0 Å². The Bertz CT molecular complexity index is 792. The molecule has 3 heteroatoms. The van der Waals surface area contributed by atoms with Gasteiger partial charge in [-0.25, -0.2) is 0 Å². The van der Waals surface area contributed by atoms with Gasteiger partial charge in [0.15, 0.2) is 0 Å². The Hall–Kier alpha value is -2.29. The molecule has 1 atom stereocenters. The summed E-state index contributed by atoms with van der Waals surface area (Å²) in [4.78, 5) is 12.0. The molecule has 124 valence electrons. The van der Waals surface area contributed by atoms with Gasteiger partial charge in [0.1, 0.15) is 12.4 Å². The van der Waals surface area contributed by atoms with E-state index in [-0.39, 0.29) is 11.8 Å². The lowest BCUT2D eigenvalue weighted by Crippen LogP contribution is -2.30. The number of rotatable bonds is 6. The second-order valence-corrected chi connectivity index (χ2v) is 6.84. The van der Waals surface area contributed by atoms with E-state index in [1.807, 2.05) is 0 Å². The number of benzene rings is 2. The minimum absolute atomic E-state index is 0.232. The fourth-order valence-corrected chi connectivity index (χ4v) is 3.74. The van der Waals surface area contributed by atoms with Crippen molar-refractivity contribution in [3.63, 3.8) is 0 Å². The summed E-state index contributed by atoms with van der Waals surface area (Å²) in [6.07, 6.45) is 5.93. The first-order chi connectivity index (χ1) is 11.8. The SMILES string of the molecule is C=CCOc1ccc2cccc3c2c1CCC3CNC(=O)C1CC1. The number of aryl methyl sites for hydroxylation is 1. The average molecular weight is 321 g/mol. The fraction of sp³-hybridized carbons (Fsp3) is 0.381. The normalized spacial score (nSPS) is 19.1. The Balaban J connectivity index is 1.65. The topological polar surface area (TPSA) is 38.3 Å². The van der Waals surface area contributed by atoms with Crippen molar-refractivity contribution in [2.75, 3.05) is 13.2 Å². The molecule has 1 fully saturated rings.